The molecule has 0 aliphatic heterocycles. The normalized spacial score (nSPS) is 11.0. The van der Waals surface area contributed by atoms with Gasteiger partial charge in [0.1, 0.15) is 0 Å². The summed E-state index contributed by atoms with van der Waals surface area (Å²) < 4.78 is 12.7. The summed E-state index contributed by atoms with van der Waals surface area (Å²) in [6.45, 7) is 6.29. The number of aryl methyl sites for hydroxylation is 3. The highest BCUT2D eigenvalue weighted by Crippen LogP contribution is 2.33. The maximum atomic E-state index is 12.6. The minimum atomic E-state index is -0.120. The highest BCUT2D eigenvalue weighted by molar-refractivity contribution is 6.32. The topological polar surface area (TPSA) is 78.3 Å². The van der Waals surface area contributed by atoms with E-state index in [9.17, 15) is 4.79 Å². The van der Waals surface area contributed by atoms with Crippen LogP contribution in [0.15, 0.2) is 18.2 Å². The second-order valence-electron chi connectivity index (χ2n) is 6.73. The minimum absolute atomic E-state index is 0.120. The summed E-state index contributed by atoms with van der Waals surface area (Å²) in [6, 6.07) is 5.29. The molecule has 29 heavy (non-hydrogen) atoms. The standard InChI is InChI=1S/C21H25ClN4O3/c1-6-29-19-15(22)8-7-9-16(19)24-17(27)11-10-14-12(2)18-20(23-13(14)3)26(4)25-21(18)28-5/h7-9H,6,10-11H2,1-5H3,(H,24,27). The van der Waals surface area contributed by atoms with Gasteiger partial charge in [-0.05, 0) is 50.5 Å². The Balaban J connectivity index is 1.81. The second kappa shape index (κ2) is 8.69. The van der Waals surface area contributed by atoms with Gasteiger partial charge in [0.05, 0.1) is 29.8 Å². The van der Waals surface area contributed by atoms with Gasteiger partial charge >= 0.3 is 0 Å². The molecule has 8 heteroatoms. The fraction of sp³-hybridized carbons (Fsp3) is 0.381. The number of carbonyl (C=O) groups excluding carboxylic acids is 1. The van der Waals surface area contributed by atoms with Crippen molar-refractivity contribution in [2.45, 2.75) is 33.6 Å². The van der Waals surface area contributed by atoms with Crippen LogP contribution in [0.1, 0.15) is 30.2 Å². The summed E-state index contributed by atoms with van der Waals surface area (Å²) in [6.07, 6.45) is 0.852. The number of para-hydroxylation sites is 1. The first-order chi connectivity index (χ1) is 13.9. The Hall–Kier alpha value is -2.80. The first-order valence-electron chi connectivity index (χ1n) is 9.45. The number of fused-ring (bicyclic) bond motifs is 1. The molecular formula is C21H25ClN4O3. The monoisotopic (exact) mass is 416 g/mol. The largest absolute Gasteiger partial charge is 0.490 e. The zero-order valence-corrected chi connectivity index (χ0v) is 18.1. The van der Waals surface area contributed by atoms with E-state index in [0.717, 1.165) is 27.9 Å². The van der Waals surface area contributed by atoms with Gasteiger partial charge in [0.2, 0.25) is 11.8 Å². The Labute approximate surface area is 175 Å². The van der Waals surface area contributed by atoms with Crippen molar-refractivity contribution in [3.05, 3.63) is 40.0 Å². The highest BCUT2D eigenvalue weighted by atomic mass is 35.5. The van der Waals surface area contributed by atoms with Crippen LogP contribution in [0.4, 0.5) is 5.69 Å². The predicted octanol–water partition coefficient (Wildman–Crippen LogP) is 4.22. The van der Waals surface area contributed by atoms with Crippen molar-refractivity contribution in [3.63, 3.8) is 0 Å². The van der Waals surface area contributed by atoms with E-state index in [-0.39, 0.29) is 5.91 Å². The number of anilines is 1. The molecule has 1 N–H and O–H groups in total. The molecule has 0 saturated heterocycles. The molecule has 2 aromatic heterocycles. The van der Waals surface area contributed by atoms with Crippen molar-refractivity contribution in [2.75, 3.05) is 19.0 Å². The summed E-state index contributed by atoms with van der Waals surface area (Å²) in [5.74, 6) is 0.907. The zero-order valence-electron chi connectivity index (χ0n) is 17.3. The molecule has 0 radical (unpaired) electrons. The van der Waals surface area contributed by atoms with Gasteiger partial charge in [-0.15, -0.1) is 5.10 Å². The molecule has 3 rings (SSSR count). The lowest BCUT2D eigenvalue weighted by Gasteiger charge is -2.14. The fourth-order valence-electron chi connectivity index (χ4n) is 3.46. The molecule has 0 aliphatic rings. The van der Waals surface area contributed by atoms with Crippen molar-refractivity contribution < 1.29 is 14.3 Å². The molecule has 7 nitrogen and oxygen atoms in total. The molecule has 154 valence electrons. The number of amides is 1. The number of nitrogens with one attached hydrogen (secondary N) is 1. The maximum absolute atomic E-state index is 12.6. The van der Waals surface area contributed by atoms with Crippen LogP contribution in [0.5, 0.6) is 11.6 Å². The van der Waals surface area contributed by atoms with Crippen LogP contribution in [-0.4, -0.2) is 34.4 Å². The third-order valence-corrected chi connectivity index (χ3v) is 5.15. The lowest BCUT2D eigenvalue weighted by Crippen LogP contribution is -2.14. The minimum Gasteiger partial charge on any atom is -0.490 e. The predicted molar refractivity (Wildman–Crippen MR) is 114 cm³/mol. The van der Waals surface area contributed by atoms with Gasteiger partial charge in [-0.1, -0.05) is 17.7 Å². The van der Waals surface area contributed by atoms with Crippen LogP contribution in [0.3, 0.4) is 0 Å². The molecule has 1 amide bonds. The number of nitrogens with zero attached hydrogens (tertiary/aromatic N) is 3. The second-order valence-corrected chi connectivity index (χ2v) is 7.14. The van der Waals surface area contributed by atoms with Crippen LogP contribution in [-0.2, 0) is 18.3 Å². The van der Waals surface area contributed by atoms with Crippen LogP contribution in [0.2, 0.25) is 5.02 Å². The van der Waals surface area contributed by atoms with Gasteiger partial charge < -0.3 is 14.8 Å². The first kappa shape index (κ1) is 20.9. The molecule has 3 aromatic rings. The number of methoxy groups -OCH3 is 1. The quantitative estimate of drug-likeness (QED) is 0.624. The third-order valence-electron chi connectivity index (χ3n) is 4.85. The Kier molecular flexibility index (Phi) is 6.27. The average molecular weight is 417 g/mol. The number of halogens is 1. The number of rotatable bonds is 7. The van der Waals surface area contributed by atoms with Crippen LogP contribution in [0.25, 0.3) is 11.0 Å². The number of benzene rings is 1. The van der Waals surface area contributed by atoms with Crippen LogP contribution in [0, 0.1) is 13.8 Å². The van der Waals surface area contributed by atoms with Gasteiger partial charge in [-0.2, -0.15) is 0 Å². The van der Waals surface area contributed by atoms with E-state index in [1.165, 1.54) is 0 Å². The van der Waals surface area contributed by atoms with Crippen molar-refractivity contribution in [2.24, 2.45) is 7.05 Å². The molecule has 0 unspecified atom stereocenters. The first-order valence-corrected chi connectivity index (χ1v) is 9.83. The number of ether oxygens (including phenoxy) is 2. The number of aromatic nitrogens is 3. The molecule has 2 heterocycles. The van der Waals surface area contributed by atoms with Gasteiger partial charge in [0.15, 0.2) is 11.4 Å². The Morgan fingerprint density at radius 3 is 2.76 bits per heavy atom. The van der Waals surface area contributed by atoms with Crippen molar-refractivity contribution in [1.82, 2.24) is 14.8 Å². The van der Waals surface area contributed by atoms with Gasteiger partial charge in [0.25, 0.3) is 0 Å². The highest BCUT2D eigenvalue weighted by Gasteiger charge is 2.19. The molecule has 0 bridgehead atoms. The Morgan fingerprint density at radius 2 is 2.07 bits per heavy atom. The lowest BCUT2D eigenvalue weighted by molar-refractivity contribution is -0.116. The fourth-order valence-corrected chi connectivity index (χ4v) is 3.69. The van der Waals surface area contributed by atoms with Gasteiger partial charge in [-0.25, -0.2) is 9.67 Å². The van der Waals surface area contributed by atoms with E-state index in [4.69, 9.17) is 21.1 Å². The zero-order chi connectivity index (χ0) is 21.1. The summed E-state index contributed by atoms with van der Waals surface area (Å²) in [4.78, 5) is 17.3. The summed E-state index contributed by atoms with van der Waals surface area (Å²) in [5, 5.41) is 8.61. The third kappa shape index (κ3) is 4.15. The van der Waals surface area contributed by atoms with Crippen molar-refractivity contribution in [3.8, 4) is 11.6 Å². The Morgan fingerprint density at radius 1 is 1.31 bits per heavy atom. The summed E-state index contributed by atoms with van der Waals surface area (Å²) in [7, 11) is 3.43. The molecule has 0 spiro atoms. The lowest BCUT2D eigenvalue weighted by atomic mass is 10.00. The molecule has 0 aliphatic carbocycles. The molecule has 0 saturated carbocycles. The summed E-state index contributed by atoms with van der Waals surface area (Å²) in [5.41, 5.74) is 4.27. The molecule has 0 fully saturated rings. The number of hydrogen-bond donors (Lipinski definition) is 1. The van der Waals surface area contributed by atoms with Gasteiger partial charge in [-0.3, -0.25) is 4.79 Å². The van der Waals surface area contributed by atoms with Crippen molar-refractivity contribution in [1.29, 1.82) is 0 Å². The maximum Gasteiger partial charge on any atom is 0.242 e. The van der Waals surface area contributed by atoms with Gasteiger partial charge in [0, 0.05) is 19.2 Å². The van der Waals surface area contributed by atoms with E-state index in [1.807, 2.05) is 27.8 Å². The van der Waals surface area contributed by atoms with E-state index in [2.05, 4.69) is 15.4 Å². The molecule has 1 aromatic carbocycles. The SMILES string of the molecule is CCOc1c(Cl)cccc1NC(=O)CCc1c(C)nc2c(c(OC)nn2C)c1C. The van der Waals surface area contributed by atoms with Crippen LogP contribution < -0.4 is 14.8 Å². The summed E-state index contributed by atoms with van der Waals surface area (Å²) >= 11 is 6.19. The number of carbonyl (C=O) groups is 1. The van der Waals surface area contributed by atoms with E-state index in [1.54, 1.807) is 30.0 Å². The number of hydrogen-bond acceptors (Lipinski definition) is 5. The molecule has 0 atom stereocenters. The number of pyridine rings is 1. The van der Waals surface area contributed by atoms with Crippen molar-refractivity contribution >= 4 is 34.2 Å². The van der Waals surface area contributed by atoms with E-state index in [0.29, 0.717) is 41.8 Å². The van der Waals surface area contributed by atoms with Crippen LogP contribution >= 0.6 is 11.6 Å². The van der Waals surface area contributed by atoms with E-state index < -0.39 is 0 Å². The Bertz CT molecular complexity index is 1060. The average Bonchev–Trinajstić information content (AvgIpc) is 3.00. The molecular weight excluding hydrogens is 392 g/mol. The van der Waals surface area contributed by atoms with E-state index >= 15 is 0 Å². The smallest absolute Gasteiger partial charge is 0.242 e.